The zero-order valence-electron chi connectivity index (χ0n) is 11.4. The molecule has 0 spiro atoms. The summed E-state index contributed by atoms with van der Waals surface area (Å²) in [5.41, 5.74) is 3.37. The van der Waals surface area contributed by atoms with Crippen molar-refractivity contribution >= 4 is 39.1 Å². The van der Waals surface area contributed by atoms with Crippen LogP contribution in [0.25, 0.3) is 0 Å². The Labute approximate surface area is 138 Å². The van der Waals surface area contributed by atoms with Gasteiger partial charge in [0.05, 0.1) is 0 Å². The average Bonchev–Trinajstić information content (AvgIpc) is 2.39. The van der Waals surface area contributed by atoms with Crippen LogP contribution in [-0.4, -0.2) is 7.05 Å². The van der Waals surface area contributed by atoms with Gasteiger partial charge in [-0.25, -0.2) is 0 Å². The zero-order valence-corrected chi connectivity index (χ0v) is 14.5. The summed E-state index contributed by atoms with van der Waals surface area (Å²) in [6.45, 7) is 2.04. The fraction of sp³-hybridized carbons (Fsp3) is 0.250. The van der Waals surface area contributed by atoms with E-state index in [4.69, 9.17) is 23.2 Å². The molecule has 0 saturated carbocycles. The molecule has 106 valence electrons. The van der Waals surface area contributed by atoms with Gasteiger partial charge in [-0.15, -0.1) is 0 Å². The molecule has 0 saturated heterocycles. The lowest BCUT2D eigenvalue weighted by Gasteiger charge is -2.19. The summed E-state index contributed by atoms with van der Waals surface area (Å²) in [4.78, 5) is 0. The highest BCUT2D eigenvalue weighted by Crippen LogP contribution is 2.30. The van der Waals surface area contributed by atoms with Crippen LogP contribution in [-0.2, 0) is 6.42 Å². The Hall–Kier alpha value is -0.540. The third-order valence-electron chi connectivity index (χ3n) is 3.32. The van der Waals surface area contributed by atoms with E-state index in [1.54, 1.807) is 0 Å². The number of likely N-dealkylation sites (N-methyl/N-ethyl adjacent to an activating group) is 1. The van der Waals surface area contributed by atoms with Gasteiger partial charge < -0.3 is 5.32 Å². The molecule has 4 heteroatoms. The van der Waals surface area contributed by atoms with Crippen molar-refractivity contribution in [1.29, 1.82) is 0 Å². The van der Waals surface area contributed by atoms with Crippen LogP contribution in [0.2, 0.25) is 10.0 Å². The predicted molar refractivity (Wildman–Crippen MR) is 90.8 cm³/mol. The molecule has 2 aromatic carbocycles. The number of hydrogen-bond acceptors (Lipinski definition) is 1. The van der Waals surface area contributed by atoms with Crippen molar-refractivity contribution in [1.82, 2.24) is 5.32 Å². The quantitative estimate of drug-likeness (QED) is 0.739. The molecule has 20 heavy (non-hydrogen) atoms. The minimum absolute atomic E-state index is 0.135. The third kappa shape index (κ3) is 3.76. The Balaban J connectivity index is 2.28. The van der Waals surface area contributed by atoms with E-state index in [0.29, 0.717) is 0 Å². The molecule has 0 amide bonds. The van der Waals surface area contributed by atoms with Crippen LogP contribution in [0.1, 0.15) is 22.7 Å². The lowest BCUT2D eigenvalue weighted by Crippen LogP contribution is -2.19. The maximum Gasteiger partial charge on any atom is 0.0465 e. The lowest BCUT2D eigenvalue weighted by atomic mass is 9.98. The standard InChI is InChI=1S/C16H16BrCl2N/c1-10-3-4-11(14(18)7-10)8-16(20-2)13-6-5-12(17)9-15(13)19/h3-7,9,16,20H,8H2,1-2H3. The van der Waals surface area contributed by atoms with Crippen molar-refractivity contribution in [3.8, 4) is 0 Å². The minimum Gasteiger partial charge on any atom is -0.313 e. The first-order valence-corrected chi connectivity index (χ1v) is 7.93. The Morgan fingerprint density at radius 1 is 1.10 bits per heavy atom. The van der Waals surface area contributed by atoms with E-state index in [1.165, 1.54) is 5.56 Å². The highest BCUT2D eigenvalue weighted by molar-refractivity contribution is 9.10. The zero-order chi connectivity index (χ0) is 14.7. The summed E-state index contributed by atoms with van der Waals surface area (Å²) >= 11 is 16.1. The number of halogens is 3. The molecule has 0 aromatic heterocycles. The number of nitrogens with one attached hydrogen (secondary N) is 1. The molecule has 0 aliphatic heterocycles. The Morgan fingerprint density at radius 3 is 2.45 bits per heavy atom. The van der Waals surface area contributed by atoms with Crippen molar-refractivity contribution in [3.05, 3.63) is 67.6 Å². The van der Waals surface area contributed by atoms with Crippen LogP contribution in [0.4, 0.5) is 0 Å². The molecule has 1 unspecified atom stereocenters. The second-order valence-electron chi connectivity index (χ2n) is 4.81. The second kappa shape index (κ2) is 6.95. The number of benzene rings is 2. The van der Waals surface area contributed by atoms with E-state index in [1.807, 2.05) is 38.2 Å². The van der Waals surface area contributed by atoms with Gasteiger partial charge >= 0.3 is 0 Å². The summed E-state index contributed by atoms with van der Waals surface area (Å²) in [5, 5.41) is 4.87. The van der Waals surface area contributed by atoms with E-state index >= 15 is 0 Å². The average molecular weight is 373 g/mol. The summed E-state index contributed by atoms with van der Waals surface area (Å²) in [7, 11) is 1.94. The number of rotatable bonds is 4. The minimum atomic E-state index is 0.135. The summed E-state index contributed by atoms with van der Waals surface area (Å²) in [6.07, 6.45) is 0.803. The number of aryl methyl sites for hydroxylation is 1. The molecule has 1 nitrogen and oxygen atoms in total. The largest absolute Gasteiger partial charge is 0.313 e. The van der Waals surface area contributed by atoms with Gasteiger partial charge in [0.2, 0.25) is 0 Å². The molecule has 1 atom stereocenters. The Bertz CT molecular complexity index is 613. The maximum absolute atomic E-state index is 6.33. The predicted octanol–water partition coefficient (Wildman–Crippen LogP) is 5.57. The van der Waals surface area contributed by atoms with Gasteiger partial charge in [0.15, 0.2) is 0 Å². The first-order chi connectivity index (χ1) is 9.51. The molecule has 0 fully saturated rings. The molecular formula is C16H16BrCl2N. The lowest BCUT2D eigenvalue weighted by molar-refractivity contribution is 0.592. The normalized spacial score (nSPS) is 12.4. The maximum atomic E-state index is 6.33. The van der Waals surface area contributed by atoms with Crippen molar-refractivity contribution in [2.45, 2.75) is 19.4 Å². The SMILES string of the molecule is CNC(Cc1ccc(C)cc1Cl)c1ccc(Br)cc1Cl. The highest BCUT2D eigenvalue weighted by Gasteiger charge is 2.15. The van der Waals surface area contributed by atoms with Crippen molar-refractivity contribution in [3.63, 3.8) is 0 Å². The van der Waals surface area contributed by atoms with E-state index in [2.05, 4.69) is 33.4 Å². The molecule has 0 aliphatic carbocycles. The highest BCUT2D eigenvalue weighted by atomic mass is 79.9. The van der Waals surface area contributed by atoms with E-state index in [9.17, 15) is 0 Å². The third-order valence-corrected chi connectivity index (χ3v) is 4.49. The molecule has 1 N–H and O–H groups in total. The summed E-state index contributed by atoms with van der Waals surface area (Å²) in [5.74, 6) is 0. The van der Waals surface area contributed by atoms with Gasteiger partial charge in [-0.2, -0.15) is 0 Å². The van der Waals surface area contributed by atoms with Gasteiger partial charge in [-0.05, 0) is 55.3 Å². The molecule has 0 aliphatic rings. The van der Waals surface area contributed by atoms with Crippen LogP contribution in [0.15, 0.2) is 40.9 Å². The summed E-state index contributed by atoms with van der Waals surface area (Å²) < 4.78 is 0.981. The molecule has 2 rings (SSSR count). The van der Waals surface area contributed by atoms with E-state index in [0.717, 1.165) is 32.1 Å². The van der Waals surface area contributed by atoms with Crippen LogP contribution in [0, 0.1) is 6.92 Å². The van der Waals surface area contributed by atoms with Crippen molar-refractivity contribution in [2.75, 3.05) is 7.05 Å². The first kappa shape index (κ1) is 15.8. The van der Waals surface area contributed by atoms with Crippen LogP contribution in [0.3, 0.4) is 0 Å². The molecule has 2 aromatic rings. The molecule has 0 bridgehead atoms. The van der Waals surface area contributed by atoms with Gasteiger partial charge in [-0.1, -0.05) is 57.3 Å². The monoisotopic (exact) mass is 371 g/mol. The molecular weight excluding hydrogens is 357 g/mol. The fourth-order valence-corrected chi connectivity index (χ4v) is 3.31. The van der Waals surface area contributed by atoms with Gasteiger partial charge in [0.25, 0.3) is 0 Å². The Kier molecular flexibility index (Phi) is 5.50. The fourth-order valence-electron chi connectivity index (χ4n) is 2.19. The van der Waals surface area contributed by atoms with Gasteiger partial charge in [0.1, 0.15) is 0 Å². The van der Waals surface area contributed by atoms with E-state index in [-0.39, 0.29) is 6.04 Å². The van der Waals surface area contributed by atoms with Gasteiger partial charge in [-0.3, -0.25) is 0 Å². The Morgan fingerprint density at radius 2 is 1.85 bits per heavy atom. The summed E-state index contributed by atoms with van der Waals surface area (Å²) in [6, 6.07) is 12.2. The number of hydrogen-bond donors (Lipinski definition) is 1. The smallest absolute Gasteiger partial charge is 0.0465 e. The van der Waals surface area contributed by atoms with Crippen LogP contribution in [0.5, 0.6) is 0 Å². The topological polar surface area (TPSA) is 12.0 Å². The molecule has 0 radical (unpaired) electrons. The van der Waals surface area contributed by atoms with E-state index < -0.39 is 0 Å². The van der Waals surface area contributed by atoms with Crippen LogP contribution < -0.4 is 5.32 Å². The second-order valence-corrected chi connectivity index (χ2v) is 6.54. The van der Waals surface area contributed by atoms with Crippen LogP contribution >= 0.6 is 39.1 Å². The van der Waals surface area contributed by atoms with Crippen molar-refractivity contribution < 1.29 is 0 Å². The van der Waals surface area contributed by atoms with Gasteiger partial charge in [0, 0.05) is 20.6 Å². The molecule has 0 heterocycles. The first-order valence-electron chi connectivity index (χ1n) is 6.38. The van der Waals surface area contributed by atoms with Crippen molar-refractivity contribution in [2.24, 2.45) is 0 Å².